The minimum atomic E-state index is -1.17. The lowest BCUT2D eigenvalue weighted by atomic mass is 10.1. The zero-order valence-electron chi connectivity index (χ0n) is 14.8. The van der Waals surface area contributed by atoms with Gasteiger partial charge in [0.25, 0.3) is 0 Å². The third kappa shape index (κ3) is 4.10. The first-order valence-corrected chi connectivity index (χ1v) is 8.75. The number of ether oxygens (including phenoxy) is 2. The summed E-state index contributed by atoms with van der Waals surface area (Å²) < 4.78 is 9.85. The molecule has 0 aliphatic rings. The predicted molar refractivity (Wildman–Crippen MR) is 100 cm³/mol. The number of ketones is 1. The smallest absolute Gasteiger partial charge is 0.359 e. The SMILES string of the molecule is COC(=O)c1c(C)[nH]c(C(=O)[C@H](C)OC(=O)c2ncc(Cl)c(Cl)c2Cl)c1C. The van der Waals surface area contributed by atoms with Crippen LogP contribution >= 0.6 is 34.8 Å². The molecule has 0 saturated carbocycles. The van der Waals surface area contributed by atoms with Crippen molar-refractivity contribution in [1.82, 2.24) is 9.97 Å². The van der Waals surface area contributed by atoms with Crippen LogP contribution in [0.5, 0.6) is 0 Å². The van der Waals surface area contributed by atoms with E-state index in [9.17, 15) is 14.4 Å². The van der Waals surface area contributed by atoms with Gasteiger partial charge in [0.1, 0.15) is 0 Å². The average molecular weight is 434 g/mol. The highest BCUT2D eigenvalue weighted by Crippen LogP contribution is 2.31. The fourth-order valence-corrected chi connectivity index (χ4v) is 3.02. The van der Waals surface area contributed by atoms with Gasteiger partial charge in [0, 0.05) is 11.9 Å². The molecule has 2 aromatic rings. The number of aromatic nitrogens is 2. The highest BCUT2D eigenvalue weighted by atomic mass is 35.5. The number of hydrogen-bond donors (Lipinski definition) is 1. The number of esters is 2. The van der Waals surface area contributed by atoms with Crippen molar-refractivity contribution in [1.29, 1.82) is 0 Å². The Labute approximate surface area is 169 Å². The second kappa shape index (κ2) is 8.29. The molecular weight excluding hydrogens is 419 g/mol. The number of aromatic amines is 1. The zero-order chi connectivity index (χ0) is 20.5. The van der Waals surface area contributed by atoms with E-state index in [2.05, 4.69) is 9.97 Å². The Hall–Kier alpha value is -2.09. The van der Waals surface area contributed by atoms with Crippen molar-refractivity contribution in [3.63, 3.8) is 0 Å². The van der Waals surface area contributed by atoms with Gasteiger partial charge in [-0.3, -0.25) is 4.79 Å². The summed E-state index contributed by atoms with van der Waals surface area (Å²) in [5.74, 6) is -2.04. The van der Waals surface area contributed by atoms with Crippen molar-refractivity contribution < 1.29 is 23.9 Å². The molecule has 0 aromatic carbocycles. The summed E-state index contributed by atoms with van der Waals surface area (Å²) in [6, 6.07) is 0. The number of carbonyl (C=O) groups is 3. The number of nitrogens with zero attached hydrogens (tertiary/aromatic N) is 1. The second-order valence-electron chi connectivity index (χ2n) is 5.61. The third-order valence-electron chi connectivity index (χ3n) is 3.84. The van der Waals surface area contributed by atoms with Gasteiger partial charge in [-0.15, -0.1) is 0 Å². The van der Waals surface area contributed by atoms with Crippen LogP contribution in [0, 0.1) is 13.8 Å². The van der Waals surface area contributed by atoms with Crippen LogP contribution in [0.4, 0.5) is 0 Å². The predicted octanol–water partition coefficient (Wildman–Crippen LogP) is 4.20. The van der Waals surface area contributed by atoms with Crippen LogP contribution in [0.3, 0.4) is 0 Å². The molecule has 0 radical (unpaired) electrons. The molecule has 0 aliphatic heterocycles. The highest BCUT2D eigenvalue weighted by Gasteiger charge is 2.29. The number of pyridine rings is 1. The molecule has 0 spiro atoms. The molecule has 0 aliphatic carbocycles. The fraction of sp³-hybridized carbons (Fsp3) is 0.294. The fourth-order valence-electron chi connectivity index (χ4n) is 2.46. The number of nitrogens with one attached hydrogen (secondary N) is 1. The van der Waals surface area contributed by atoms with Crippen molar-refractivity contribution in [2.75, 3.05) is 7.11 Å². The van der Waals surface area contributed by atoms with Gasteiger partial charge in [-0.05, 0) is 26.3 Å². The second-order valence-corrected chi connectivity index (χ2v) is 6.77. The number of hydrogen-bond acceptors (Lipinski definition) is 6. The summed E-state index contributed by atoms with van der Waals surface area (Å²) >= 11 is 17.6. The third-order valence-corrected chi connectivity index (χ3v) is 5.08. The van der Waals surface area contributed by atoms with E-state index in [0.29, 0.717) is 11.3 Å². The first kappa shape index (κ1) is 21.2. The van der Waals surface area contributed by atoms with Crippen LogP contribution in [0.25, 0.3) is 0 Å². The summed E-state index contributed by atoms with van der Waals surface area (Å²) in [7, 11) is 1.24. The number of H-pyrrole nitrogens is 1. The van der Waals surface area contributed by atoms with Crippen molar-refractivity contribution in [2.45, 2.75) is 26.9 Å². The first-order chi connectivity index (χ1) is 12.6. The number of methoxy groups -OCH3 is 1. The van der Waals surface area contributed by atoms with Crippen LogP contribution in [-0.4, -0.2) is 40.9 Å². The van der Waals surface area contributed by atoms with E-state index in [-0.39, 0.29) is 32.0 Å². The van der Waals surface area contributed by atoms with Crippen molar-refractivity contribution >= 4 is 52.5 Å². The van der Waals surface area contributed by atoms with Crippen molar-refractivity contribution in [3.8, 4) is 0 Å². The summed E-state index contributed by atoms with van der Waals surface area (Å²) in [5, 5.41) is -0.137. The van der Waals surface area contributed by atoms with Crippen LogP contribution in [0.2, 0.25) is 15.1 Å². The Kier molecular flexibility index (Phi) is 6.51. The van der Waals surface area contributed by atoms with Crippen molar-refractivity contribution in [3.05, 3.63) is 49.5 Å². The van der Waals surface area contributed by atoms with Crippen LogP contribution < -0.4 is 0 Å². The lowest BCUT2D eigenvalue weighted by molar-refractivity contribution is 0.0311. The molecule has 2 aromatic heterocycles. The standard InChI is InChI=1S/C17H15Cl3N2O5/c1-6-10(16(24)26-4)7(2)22-13(6)15(23)8(3)27-17(25)14-12(20)11(19)9(18)5-21-14/h5,8,22H,1-4H3/t8-/m0/s1. The number of rotatable bonds is 5. The lowest BCUT2D eigenvalue weighted by Gasteiger charge is -2.13. The number of halogens is 3. The average Bonchev–Trinajstić information content (AvgIpc) is 2.92. The van der Waals surface area contributed by atoms with E-state index >= 15 is 0 Å². The first-order valence-electron chi connectivity index (χ1n) is 7.62. The molecule has 144 valence electrons. The van der Waals surface area contributed by atoms with Crippen LogP contribution in [-0.2, 0) is 9.47 Å². The molecule has 0 fully saturated rings. The zero-order valence-corrected chi connectivity index (χ0v) is 17.0. The maximum absolute atomic E-state index is 12.7. The molecule has 7 nitrogen and oxygen atoms in total. The van der Waals surface area contributed by atoms with Gasteiger partial charge >= 0.3 is 11.9 Å². The molecule has 1 atom stereocenters. The molecule has 1 N–H and O–H groups in total. The van der Waals surface area contributed by atoms with Crippen LogP contribution in [0.1, 0.15) is 49.5 Å². The molecule has 2 rings (SSSR count). The van der Waals surface area contributed by atoms with Gasteiger partial charge in [0.2, 0.25) is 5.78 Å². The molecule has 2 heterocycles. The molecule has 10 heteroatoms. The van der Waals surface area contributed by atoms with E-state index in [0.717, 1.165) is 6.20 Å². The largest absolute Gasteiger partial charge is 0.465 e. The van der Waals surface area contributed by atoms with E-state index in [1.54, 1.807) is 13.8 Å². The van der Waals surface area contributed by atoms with Crippen molar-refractivity contribution in [2.24, 2.45) is 0 Å². The van der Waals surface area contributed by atoms with Gasteiger partial charge in [0.05, 0.1) is 33.4 Å². The van der Waals surface area contributed by atoms with Gasteiger partial charge in [-0.1, -0.05) is 34.8 Å². The molecular formula is C17H15Cl3N2O5. The van der Waals surface area contributed by atoms with Gasteiger partial charge < -0.3 is 14.5 Å². The maximum Gasteiger partial charge on any atom is 0.359 e. The number of Topliss-reactive ketones (excluding diaryl/α,β-unsaturated/α-hetero) is 1. The molecule has 0 amide bonds. The normalized spacial score (nSPS) is 11.8. The quantitative estimate of drug-likeness (QED) is 0.560. The summed E-state index contributed by atoms with van der Waals surface area (Å²) in [4.78, 5) is 43.4. The Morgan fingerprint density at radius 2 is 1.74 bits per heavy atom. The topological polar surface area (TPSA) is 98.4 Å². The Morgan fingerprint density at radius 3 is 2.33 bits per heavy atom. The molecule has 0 saturated heterocycles. The summed E-state index contributed by atoms with van der Waals surface area (Å²) in [6.45, 7) is 4.61. The molecule has 0 unspecified atom stereocenters. The minimum absolute atomic E-state index is 0.0437. The maximum atomic E-state index is 12.7. The Bertz CT molecular complexity index is 939. The van der Waals surface area contributed by atoms with E-state index in [1.807, 2.05) is 0 Å². The molecule has 27 heavy (non-hydrogen) atoms. The van der Waals surface area contributed by atoms with E-state index < -0.39 is 23.8 Å². The van der Waals surface area contributed by atoms with Gasteiger partial charge in [-0.25, -0.2) is 14.6 Å². The summed E-state index contributed by atoms with van der Waals surface area (Å²) in [6.07, 6.45) is -0.0213. The minimum Gasteiger partial charge on any atom is -0.465 e. The number of carbonyl (C=O) groups excluding carboxylic acids is 3. The lowest BCUT2D eigenvalue weighted by Crippen LogP contribution is -2.26. The monoisotopic (exact) mass is 432 g/mol. The Balaban J connectivity index is 2.25. The van der Waals surface area contributed by atoms with Gasteiger partial charge in [0.15, 0.2) is 11.8 Å². The highest BCUT2D eigenvalue weighted by molar-refractivity contribution is 6.48. The Morgan fingerprint density at radius 1 is 1.11 bits per heavy atom. The van der Waals surface area contributed by atoms with Crippen LogP contribution in [0.15, 0.2) is 6.20 Å². The van der Waals surface area contributed by atoms with Gasteiger partial charge in [-0.2, -0.15) is 0 Å². The van der Waals surface area contributed by atoms with E-state index in [1.165, 1.54) is 14.0 Å². The number of aryl methyl sites for hydroxylation is 1. The molecule has 0 bridgehead atoms. The van der Waals surface area contributed by atoms with E-state index in [4.69, 9.17) is 44.3 Å². The summed E-state index contributed by atoms with van der Waals surface area (Å²) in [5.41, 5.74) is 1.00.